The molecule has 3 heteroatoms. The molecule has 0 radical (unpaired) electrons. The molecule has 0 atom stereocenters. The summed E-state index contributed by atoms with van der Waals surface area (Å²) in [5.74, 6) is 0. The minimum Gasteiger partial charge on any atom is -0.371 e. The van der Waals surface area contributed by atoms with E-state index in [-0.39, 0.29) is 0 Å². The number of aromatic nitrogens is 2. The summed E-state index contributed by atoms with van der Waals surface area (Å²) in [5.41, 5.74) is 5.79. The molecule has 110 valence electrons. The standard InChI is InChI=1S/C19H19N3/c1-14-11-19(22-9-2-3-10-22)17-7-6-15(12-18(17)21-14)16-5-4-8-20-13-16/h4-8,11-13H,2-3,9-10H2,1H3. The van der Waals surface area contributed by atoms with Gasteiger partial charge in [0.15, 0.2) is 0 Å². The van der Waals surface area contributed by atoms with Gasteiger partial charge in [0.05, 0.1) is 5.52 Å². The number of benzene rings is 1. The predicted molar refractivity (Wildman–Crippen MR) is 91.2 cm³/mol. The molecule has 0 unspecified atom stereocenters. The van der Waals surface area contributed by atoms with Crippen molar-refractivity contribution in [2.45, 2.75) is 19.8 Å². The molecule has 1 aliphatic heterocycles. The molecule has 22 heavy (non-hydrogen) atoms. The summed E-state index contributed by atoms with van der Waals surface area (Å²) in [6.45, 7) is 4.39. The molecule has 3 nitrogen and oxygen atoms in total. The van der Waals surface area contributed by atoms with Gasteiger partial charge in [-0.15, -0.1) is 0 Å². The van der Waals surface area contributed by atoms with E-state index >= 15 is 0 Å². The van der Waals surface area contributed by atoms with Gasteiger partial charge in [-0.25, -0.2) is 0 Å². The zero-order chi connectivity index (χ0) is 14.9. The SMILES string of the molecule is Cc1cc(N2CCCC2)c2ccc(-c3cccnc3)cc2n1. The molecule has 1 aromatic carbocycles. The summed E-state index contributed by atoms with van der Waals surface area (Å²) >= 11 is 0. The van der Waals surface area contributed by atoms with Gasteiger partial charge < -0.3 is 4.90 Å². The molecule has 0 saturated carbocycles. The number of pyridine rings is 2. The molecular formula is C19H19N3. The molecule has 0 bridgehead atoms. The van der Waals surface area contributed by atoms with E-state index in [0.717, 1.165) is 29.9 Å². The number of aryl methyl sites for hydroxylation is 1. The Morgan fingerprint density at radius 3 is 2.64 bits per heavy atom. The van der Waals surface area contributed by atoms with Crippen molar-refractivity contribution in [2.75, 3.05) is 18.0 Å². The predicted octanol–water partition coefficient (Wildman–Crippen LogP) is 4.21. The van der Waals surface area contributed by atoms with Gasteiger partial charge in [0.1, 0.15) is 0 Å². The van der Waals surface area contributed by atoms with Crippen LogP contribution < -0.4 is 4.90 Å². The van der Waals surface area contributed by atoms with Crippen molar-refractivity contribution in [1.82, 2.24) is 9.97 Å². The monoisotopic (exact) mass is 289 g/mol. The second-order valence-electron chi connectivity index (χ2n) is 5.95. The van der Waals surface area contributed by atoms with Crippen LogP contribution >= 0.6 is 0 Å². The summed E-state index contributed by atoms with van der Waals surface area (Å²) in [4.78, 5) is 11.4. The van der Waals surface area contributed by atoms with Crippen LogP contribution in [0.3, 0.4) is 0 Å². The smallest absolute Gasteiger partial charge is 0.0732 e. The zero-order valence-electron chi connectivity index (χ0n) is 12.8. The summed E-state index contributed by atoms with van der Waals surface area (Å²) in [7, 11) is 0. The Balaban J connectivity index is 1.86. The van der Waals surface area contributed by atoms with Crippen LogP contribution in [0.2, 0.25) is 0 Å². The third kappa shape index (κ3) is 2.33. The Labute approximate surface area is 130 Å². The lowest BCUT2D eigenvalue weighted by molar-refractivity contribution is 0.949. The van der Waals surface area contributed by atoms with Crippen molar-refractivity contribution in [3.63, 3.8) is 0 Å². The first-order valence-electron chi connectivity index (χ1n) is 7.88. The van der Waals surface area contributed by atoms with Crippen molar-refractivity contribution in [1.29, 1.82) is 0 Å². The lowest BCUT2D eigenvalue weighted by atomic mass is 10.0. The van der Waals surface area contributed by atoms with Crippen LogP contribution in [0.5, 0.6) is 0 Å². The molecule has 1 aliphatic rings. The molecule has 4 rings (SSSR count). The molecule has 3 heterocycles. The summed E-state index contributed by atoms with van der Waals surface area (Å²) in [5, 5.41) is 1.25. The minimum absolute atomic E-state index is 1.07. The van der Waals surface area contributed by atoms with E-state index in [4.69, 9.17) is 4.98 Å². The van der Waals surface area contributed by atoms with Gasteiger partial charge >= 0.3 is 0 Å². The second kappa shape index (κ2) is 5.41. The molecule has 2 aromatic heterocycles. The van der Waals surface area contributed by atoms with E-state index in [1.165, 1.54) is 29.5 Å². The van der Waals surface area contributed by atoms with Crippen LogP contribution in [0.4, 0.5) is 5.69 Å². The van der Waals surface area contributed by atoms with Gasteiger partial charge in [-0.1, -0.05) is 18.2 Å². The third-order valence-electron chi connectivity index (χ3n) is 4.36. The van der Waals surface area contributed by atoms with Gasteiger partial charge in [-0.05, 0) is 43.5 Å². The van der Waals surface area contributed by atoms with Crippen molar-refractivity contribution in [3.05, 3.63) is 54.5 Å². The molecular weight excluding hydrogens is 270 g/mol. The third-order valence-corrected chi connectivity index (χ3v) is 4.36. The van der Waals surface area contributed by atoms with Crippen molar-refractivity contribution < 1.29 is 0 Å². The number of rotatable bonds is 2. The van der Waals surface area contributed by atoms with Gasteiger partial charge in [0.25, 0.3) is 0 Å². The largest absolute Gasteiger partial charge is 0.371 e. The topological polar surface area (TPSA) is 29.0 Å². The number of nitrogens with zero attached hydrogens (tertiary/aromatic N) is 3. The van der Waals surface area contributed by atoms with E-state index in [0.29, 0.717) is 0 Å². The molecule has 0 N–H and O–H groups in total. The second-order valence-corrected chi connectivity index (χ2v) is 5.95. The Morgan fingerprint density at radius 1 is 1.00 bits per heavy atom. The van der Waals surface area contributed by atoms with Gasteiger partial charge in [0.2, 0.25) is 0 Å². The van der Waals surface area contributed by atoms with E-state index in [2.05, 4.69) is 47.1 Å². The Hall–Kier alpha value is -2.42. The van der Waals surface area contributed by atoms with Gasteiger partial charge in [-0.2, -0.15) is 0 Å². The number of fused-ring (bicyclic) bond motifs is 1. The van der Waals surface area contributed by atoms with Crippen LogP contribution in [0.15, 0.2) is 48.8 Å². The number of hydrogen-bond acceptors (Lipinski definition) is 3. The lowest BCUT2D eigenvalue weighted by Crippen LogP contribution is -2.18. The Bertz CT molecular complexity index is 806. The maximum Gasteiger partial charge on any atom is 0.0732 e. The van der Waals surface area contributed by atoms with E-state index < -0.39 is 0 Å². The first-order chi connectivity index (χ1) is 10.8. The fourth-order valence-electron chi connectivity index (χ4n) is 3.27. The van der Waals surface area contributed by atoms with Crippen LogP contribution in [0.1, 0.15) is 18.5 Å². The van der Waals surface area contributed by atoms with Gasteiger partial charge in [-0.3, -0.25) is 9.97 Å². The van der Waals surface area contributed by atoms with Crippen LogP contribution in [-0.4, -0.2) is 23.1 Å². The van der Waals surface area contributed by atoms with E-state index in [1.54, 1.807) is 6.20 Å². The lowest BCUT2D eigenvalue weighted by Gasteiger charge is -2.20. The fourth-order valence-corrected chi connectivity index (χ4v) is 3.27. The van der Waals surface area contributed by atoms with Gasteiger partial charge in [0, 0.05) is 47.8 Å². The number of hydrogen-bond donors (Lipinski definition) is 0. The molecule has 0 spiro atoms. The fraction of sp³-hybridized carbons (Fsp3) is 0.263. The minimum atomic E-state index is 1.07. The molecule has 3 aromatic rings. The van der Waals surface area contributed by atoms with Crippen molar-refractivity contribution >= 4 is 16.6 Å². The summed E-state index contributed by atoms with van der Waals surface area (Å²) in [6, 6.07) is 12.8. The summed E-state index contributed by atoms with van der Waals surface area (Å²) < 4.78 is 0. The average molecular weight is 289 g/mol. The highest BCUT2D eigenvalue weighted by Gasteiger charge is 2.16. The maximum absolute atomic E-state index is 4.75. The molecule has 0 amide bonds. The highest BCUT2D eigenvalue weighted by Crippen LogP contribution is 2.32. The maximum atomic E-state index is 4.75. The van der Waals surface area contributed by atoms with Crippen LogP contribution in [0.25, 0.3) is 22.0 Å². The van der Waals surface area contributed by atoms with Crippen molar-refractivity contribution in [3.8, 4) is 11.1 Å². The highest BCUT2D eigenvalue weighted by molar-refractivity contribution is 5.94. The molecule has 1 fully saturated rings. The number of anilines is 1. The normalized spacial score (nSPS) is 14.7. The van der Waals surface area contributed by atoms with E-state index in [1.807, 2.05) is 12.3 Å². The zero-order valence-corrected chi connectivity index (χ0v) is 12.8. The quantitative estimate of drug-likeness (QED) is 0.708. The van der Waals surface area contributed by atoms with E-state index in [9.17, 15) is 0 Å². The Morgan fingerprint density at radius 2 is 1.86 bits per heavy atom. The summed E-state index contributed by atoms with van der Waals surface area (Å²) in [6.07, 6.45) is 6.28. The van der Waals surface area contributed by atoms with Crippen LogP contribution in [0, 0.1) is 6.92 Å². The molecule has 0 aliphatic carbocycles. The molecule has 1 saturated heterocycles. The van der Waals surface area contributed by atoms with Crippen molar-refractivity contribution in [2.24, 2.45) is 0 Å². The first kappa shape index (κ1) is 13.3. The van der Waals surface area contributed by atoms with Crippen LogP contribution in [-0.2, 0) is 0 Å². The first-order valence-corrected chi connectivity index (χ1v) is 7.88. The average Bonchev–Trinajstić information content (AvgIpc) is 3.08. The Kier molecular flexibility index (Phi) is 3.26. The highest BCUT2D eigenvalue weighted by atomic mass is 15.1.